The zero-order valence-corrected chi connectivity index (χ0v) is 11.2. The average molecular weight is 268 g/mol. The monoisotopic (exact) mass is 267 g/mol. The molecule has 90 valence electrons. The van der Waals surface area contributed by atoms with Gasteiger partial charge < -0.3 is 18.1 Å². The van der Waals surface area contributed by atoms with E-state index in [0.717, 1.165) is 10.6 Å². The van der Waals surface area contributed by atoms with Crippen LogP contribution in [0.2, 0.25) is 5.02 Å². The van der Waals surface area contributed by atoms with E-state index in [1.807, 2.05) is 31.2 Å². The highest BCUT2D eigenvalue weighted by Gasteiger charge is 2.15. The highest BCUT2D eigenvalue weighted by molar-refractivity contribution is 6.31. The van der Waals surface area contributed by atoms with Gasteiger partial charge in [-0.1, -0.05) is 54.1 Å². The van der Waals surface area contributed by atoms with Crippen LogP contribution in [-0.2, 0) is 0 Å². The lowest BCUT2D eigenvalue weighted by Gasteiger charge is -2.11. The van der Waals surface area contributed by atoms with Crippen molar-refractivity contribution in [3.63, 3.8) is 0 Å². The fraction of sp³-hybridized carbons (Fsp3) is 0.143. The van der Waals surface area contributed by atoms with Crippen molar-refractivity contribution in [3.8, 4) is 0 Å². The van der Waals surface area contributed by atoms with E-state index >= 15 is 0 Å². The Balaban J connectivity index is 0.00000144. The number of benzene rings is 2. The highest BCUT2D eigenvalue weighted by atomic mass is 35.5. The number of hydrogen-bond acceptors (Lipinski definition) is 0. The van der Waals surface area contributed by atoms with Crippen LogP contribution in [0.5, 0.6) is 0 Å². The minimum Gasteiger partial charge on any atom is -1.00 e. The maximum atomic E-state index is 6.23. The lowest BCUT2D eigenvalue weighted by Crippen LogP contribution is -3.00. The Kier molecular flexibility index (Phi) is 5.01. The molecule has 0 aliphatic rings. The second-order valence-electron chi connectivity index (χ2n) is 3.99. The van der Waals surface area contributed by atoms with Crippen LogP contribution in [-0.4, -0.2) is 0 Å². The Morgan fingerprint density at radius 1 is 1.06 bits per heavy atom. The van der Waals surface area contributed by atoms with Gasteiger partial charge >= 0.3 is 0 Å². The molecule has 0 amide bonds. The molecule has 2 aromatic rings. The predicted molar refractivity (Wildman–Crippen MR) is 67.4 cm³/mol. The summed E-state index contributed by atoms with van der Waals surface area (Å²) in [6.07, 6.45) is 0. The molecular formula is C14H15Cl2N. The third kappa shape index (κ3) is 3.22. The van der Waals surface area contributed by atoms with Gasteiger partial charge in [0.05, 0.1) is 5.02 Å². The molecule has 0 aliphatic carbocycles. The quantitative estimate of drug-likeness (QED) is 0.793. The van der Waals surface area contributed by atoms with Crippen LogP contribution in [0.15, 0.2) is 48.5 Å². The van der Waals surface area contributed by atoms with Gasteiger partial charge in [-0.3, -0.25) is 0 Å². The van der Waals surface area contributed by atoms with E-state index in [9.17, 15) is 0 Å². The Labute approximate surface area is 113 Å². The first-order chi connectivity index (χ1) is 7.68. The standard InChI is InChI=1S/C14H14ClN.ClH/c1-10-7-8-12(13(15)9-10)14(16)11-5-3-2-4-6-11;/h2-9,14H,16H2,1H3;1H. The summed E-state index contributed by atoms with van der Waals surface area (Å²) >= 11 is 6.23. The van der Waals surface area contributed by atoms with Gasteiger partial charge in [0.15, 0.2) is 0 Å². The van der Waals surface area contributed by atoms with E-state index in [1.165, 1.54) is 11.1 Å². The summed E-state index contributed by atoms with van der Waals surface area (Å²) in [6.45, 7) is 2.04. The van der Waals surface area contributed by atoms with E-state index in [0.29, 0.717) is 0 Å². The first-order valence-electron chi connectivity index (χ1n) is 5.32. The zero-order valence-electron chi connectivity index (χ0n) is 9.66. The molecule has 0 bridgehead atoms. The number of hydrogen-bond donors (Lipinski definition) is 1. The fourth-order valence-corrected chi connectivity index (χ4v) is 2.15. The van der Waals surface area contributed by atoms with Crippen molar-refractivity contribution in [2.24, 2.45) is 0 Å². The molecule has 0 radical (unpaired) electrons. The van der Waals surface area contributed by atoms with Crippen LogP contribution >= 0.6 is 11.6 Å². The molecule has 3 heteroatoms. The van der Waals surface area contributed by atoms with Crippen molar-refractivity contribution >= 4 is 11.6 Å². The van der Waals surface area contributed by atoms with Crippen LogP contribution in [0.25, 0.3) is 0 Å². The smallest absolute Gasteiger partial charge is 0.137 e. The van der Waals surface area contributed by atoms with Gasteiger partial charge in [-0.05, 0) is 18.6 Å². The lowest BCUT2D eigenvalue weighted by molar-refractivity contribution is -0.411. The molecule has 0 fully saturated rings. The SMILES string of the molecule is Cc1ccc(C([NH3+])c2ccccc2)c(Cl)c1.[Cl-]. The van der Waals surface area contributed by atoms with Crippen LogP contribution in [0.4, 0.5) is 0 Å². The average Bonchev–Trinajstić information content (AvgIpc) is 2.29. The van der Waals surface area contributed by atoms with Gasteiger partial charge in [0.2, 0.25) is 0 Å². The molecule has 2 rings (SSSR count). The lowest BCUT2D eigenvalue weighted by atomic mass is 9.99. The van der Waals surface area contributed by atoms with Crippen LogP contribution in [0.1, 0.15) is 22.7 Å². The summed E-state index contributed by atoms with van der Waals surface area (Å²) in [5, 5.41) is 0.795. The van der Waals surface area contributed by atoms with Crippen molar-refractivity contribution in [3.05, 3.63) is 70.2 Å². The second-order valence-corrected chi connectivity index (χ2v) is 4.40. The molecule has 1 nitrogen and oxygen atoms in total. The van der Waals surface area contributed by atoms with Gasteiger partial charge in [0.25, 0.3) is 0 Å². The van der Waals surface area contributed by atoms with E-state index in [-0.39, 0.29) is 18.4 Å². The van der Waals surface area contributed by atoms with Gasteiger partial charge in [-0.2, -0.15) is 0 Å². The molecule has 1 unspecified atom stereocenters. The molecule has 1 atom stereocenters. The normalized spacial score (nSPS) is 11.7. The van der Waals surface area contributed by atoms with E-state index in [1.54, 1.807) is 0 Å². The minimum absolute atomic E-state index is 0. The molecule has 0 spiro atoms. The van der Waals surface area contributed by atoms with Crippen LogP contribution in [0, 0.1) is 6.92 Å². The molecule has 0 saturated heterocycles. The molecule has 0 saturated carbocycles. The van der Waals surface area contributed by atoms with Gasteiger partial charge in [-0.15, -0.1) is 0 Å². The maximum absolute atomic E-state index is 6.23. The fourth-order valence-electron chi connectivity index (χ4n) is 1.78. The van der Waals surface area contributed by atoms with Crippen molar-refractivity contribution in [1.82, 2.24) is 0 Å². The number of quaternary nitrogens is 1. The van der Waals surface area contributed by atoms with Crippen molar-refractivity contribution in [1.29, 1.82) is 0 Å². The van der Waals surface area contributed by atoms with E-state index in [2.05, 4.69) is 30.0 Å². The Morgan fingerprint density at radius 2 is 1.71 bits per heavy atom. The van der Waals surface area contributed by atoms with Gasteiger partial charge in [0, 0.05) is 11.1 Å². The largest absolute Gasteiger partial charge is 1.00 e. The predicted octanol–water partition coefficient (Wildman–Crippen LogP) is -0.0163. The molecule has 0 aliphatic heterocycles. The Bertz CT molecular complexity index is 483. The van der Waals surface area contributed by atoms with Crippen molar-refractivity contribution in [2.45, 2.75) is 13.0 Å². The summed E-state index contributed by atoms with van der Waals surface area (Å²) in [7, 11) is 0. The topological polar surface area (TPSA) is 27.6 Å². The summed E-state index contributed by atoms with van der Waals surface area (Å²) in [6, 6.07) is 16.4. The van der Waals surface area contributed by atoms with E-state index < -0.39 is 0 Å². The third-order valence-electron chi connectivity index (χ3n) is 2.73. The molecule has 0 heterocycles. The Hall–Kier alpha value is -1.02. The maximum Gasteiger partial charge on any atom is 0.137 e. The number of halogens is 2. The second kappa shape index (κ2) is 6.06. The number of rotatable bonds is 2. The molecule has 17 heavy (non-hydrogen) atoms. The van der Waals surface area contributed by atoms with Crippen LogP contribution in [0.3, 0.4) is 0 Å². The van der Waals surface area contributed by atoms with Gasteiger partial charge in [0.1, 0.15) is 6.04 Å². The number of aryl methyl sites for hydroxylation is 1. The molecule has 3 N–H and O–H groups in total. The summed E-state index contributed by atoms with van der Waals surface area (Å²) in [4.78, 5) is 0. The highest BCUT2D eigenvalue weighted by Crippen LogP contribution is 2.25. The van der Waals surface area contributed by atoms with Gasteiger partial charge in [-0.25, -0.2) is 0 Å². The molecular weight excluding hydrogens is 253 g/mol. The van der Waals surface area contributed by atoms with E-state index in [4.69, 9.17) is 11.6 Å². The summed E-state index contributed by atoms with van der Waals surface area (Å²) in [5.41, 5.74) is 7.63. The minimum atomic E-state index is 0. The third-order valence-corrected chi connectivity index (χ3v) is 3.06. The summed E-state index contributed by atoms with van der Waals surface area (Å²) in [5.74, 6) is 0. The molecule has 0 aromatic heterocycles. The van der Waals surface area contributed by atoms with Crippen molar-refractivity contribution in [2.75, 3.05) is 0 Å². The Morgan fingerprint density at radius 3 is 2.29 bits per heavy atom. The summed E-state index contributed by atoms with van der Waals surface area (Å²) < 4.78 is 0. The van der Waals surface area contributed by atoms with Crippen LogP contribution < -0.4 is 18.1 Å². The molecule has 2 aromatic carbocycles. The first-order valence-corrected chi connectivity index (χ1v) is 5.70. The first kappa shape index (κ1) is 14.0. The zero-order chi connectivity index (χ0) is 11.5. The van der Waals surface area contributed by atoms with Crippen molar-refractivity contribution < 1.29 is 18.1 Å².